The Balaban J connectivity index is 1.69. The maximum atomic E-state index is 5.23. The van der Waals surface area contributed by atoms with Crippen molar-refractivity contribution in [3.63, 3.8) is 0 Å². The van der Waals surface area contributed by atoms with Gasteiger partial charge in [-0.3, -0.25) is 4.99 Å². The molecule has 1 unspecified atom stereocenters. The summed E-state index contributed by atoms with van der Waals surface area (Å²) in [6.45, 7) is 10.8. The van der Waals surface area contributed by atoms with Crippen LogP contribution in [0.4, 0.5) is 0 Å². The number of nitrogens with zero attached hydrogens (tertiary/aromatic N) is 2. The van der Waals surface area contributed by atoms with Gasteiger partial charge in [0.25, 0.3) is 0 Å². The van der Waals surface area contributed by atoms with Gasteiger partial charge in [0.05, 0.1) is 7.11 Å². The Kier molecular flexibility index (Phi) is 9.32. The van der Waals surface area contributed by atoms with Crippen LogP contribution in [0, 0.1) is 0 Å². The number of benzene rings is 1. The molecule has 1 saturated heterocycles. The van der Waals surface area contributed by atoms with Crippen molar-refractivity contribution in [2.75, 3.05) is 46.4 Å². The molecule has 146 valence electrons. The number of hydrogen-bond donors (Lipinski definition) is 2. The van der Waals surface area contributed by atoms with Gasteiger partial charge in [0.15, 0.2) is 5.96 Å². The third-order valence-corrected chi connectivity index (χ3v) is 5.00. The minimum absolute atomic E-state index is 0.506. The smallest absolute Gasteiger partial charge is 0.191 e. The first-order chi connectivity index (χ1) is 12.7. The van der Waals surface area contributed by atoms with E-state index in [0.717, 1.165) is 44.2 Å². The van der Waals surface area contributed by atoms with Crippen LogP contribution < -0.4 is 15.4 Å². The van der Waals surface area contributed by atoms with Gasteiger partial charge < -0.3 is 20.3 Å². The lowest BCUT2D eigenvalue weighted by atomic mass is 9.98. The maximum Gasteiger partial charge on any atom is 0.191 e. The zero-order valence-corrected chi connectivity index (χ0v) is 16.8. The third kappa shape index (κ3) is 7.24. The number of methoxy groups -OCH3 is 1. The zero-order chi connectivity index (χ0) is 18.6. The number of rotatable bonds is 10. The van der Waals surface area contributed by atoms with Gasteiger partial charge >= 0.3 is 0 Å². The molecule has 1 aliphatic heterocycles. The molecule has 1 fully saturated rings. The third-order valence-electron chi connectivity index (χ3n) is 5.00. The average Bonchev–Trinajstić information content (AvgIpc) is 3.18. The van der Waals surface area contributed by atoms with Crippen LogP contribution in [0.25, 0.3) is 0 Å². The van der Waals surface area contributed by atoms with Crippen LogP contribution in [0.5, 0.6) is 5.75 Å². The van der Waals surface area contributed by atoms with Crippen LogP contribution in [0.1, 0.15) is 51.0 Å². The van der Waals surface area contributed by atoms with E-state index < -0.39 is 0 Å². The lowest BCUT2D eigenvalue weighted by Gasteiger charge is -2.16. The summed E-state index contributed by atoms with van der Waals surface area (Å²) in [6.07, 6.45) is 4.93. The Morgan fingerprint density at radius 1 is 1.19 bits per heavy atom. The zero-order valence-electron chi connectivity index (χ0n) is 16.8. The summed E-state index contributed by atoms with van der Waals surface area (Å²) in [6, 6.07) is 8.37. The molecule has 26 heavy (non-hydrogen) atoms. The first-order valence-corrected chi connectivity index (χ1v) is 10.1. The van der Waals surface area contributed by atoms with E-state index in [4.69, 9.17) is 9.73 Å². The number of aliphatic imine (C=N–C) groups is 1. The summed E-state index contributed by atoms with van der Waals surface area (Å²) in [5.74, 6) is 2.36. The minimum Gasteiger partial charge on any atom is -0.497 e. The summed E-state index contributed by atoms with van der Waals surface area (Å²) in [5.41, 5.74) is 1.35. The van der Waals surface area contributed by atoms with Crippen LogP contribution in [0.2, 0.25) is 0 Å². The van der Waals surface area contributed by atoms with Gasteiger partial charge in [-0.05, 0) is 75.9 Å². The van der Waals surface area contributed by atoms with E-state index in [0.29, 0.717) is 5.92 Å². The molecule has 0 saturated carbocycles. The second-order valence-corrected chi connectivity index (χ2v) is 7.05. The summed E-state index contributed by atoms with van der Waals surface area (Å²) >= 11 is 0. The van der Waals surface area contributed by atoms with Crippen LogP contribution in [0.3, 0.4) is 0 Å². The van der Waals surface area contributed by atoms with E-state index in [1.165, 1.54) is 38.0 Å². The molecular weight excluding hydrogens is 324 g/mol. The molecule has 0 amide bonds. The second kappa shape index (κ2) is 11.8. The summed E-state index contributed by atoms with van der Waals surface area (Å²) < 4.78 is 5.23. The molecule has 0 bridgehead atoms. The fraction of sp³-hybridized carbons (Fsp3) is 0.667. The molecule has 1 heterocycles. The van der Waals surface area contributed by atoms with Crippen LogP contribution >= 0.6 is 0 Å². The van der Waals surface area contributed by atoms with Gasteiger partial charge in [-0.25, -0.2) is 0 Å². The molecule has 1 aliphatic rings. The van der Waals surface area contributed by atoms with Gasteiger partial charge in [-0.1, -0.05) is 19.1 Å². The first-order valence-electron chi connectivity index (χ1n) is 10.1. The lowest BCUT2D eigenvalue weighted by Crippen LogP contribution is -2.38. The van der Waals surface area contributed by atoms with Crippen molar-refractivity contribution in [2.24, 2.45) is 4.99 Å². The summed E-state index contributed by atoms with van der Waals surface area (Å²) in [7, 11) is 1.70. The summed E-state index contributed by atoms with van der Waals surface area (Å²) in [5, 5.41) is 6.82. The number of likely N-dealkylation sites (tertiary alicyclic amines) is 1. The monoisotopic (exact) mass is 360 g/mol. The molecule has 0 aromatic heterocycles. The Hall–Kier alpha value is -1.75. The van der Waals surface area contributed by atoms with Crippen LogP contribution in [-0.4, -0.2) is 57.2 Å². The molecule has 1 atom stereocenters. The molecule has 0 radical (unpaired) electrons. The van der Waals surface area contributed by atoms with Crippen LogP contribution in [0.15, 0.2) is 29.3 Å². The van der Waals surface area contributed by atoms with Crippen molar-refractivity contribution in [1.29, 1.82) is 0 Å². The highest BCUT2D eigenvalue weighted by Crippen LogP contribution is 2.21. The van der Waals surface area contributed by atoms with Crippen molar-refractivity contribution in [1.82, 2.24) is 15.5 Å². The Morgan fingerprint density at radius 2 is 1.92 bits per heavy atom. The normalized spacial score (nSPS) is 16.5. The van der Waals surface area contributed by atoms with E-state index in [-0.39, 0.29) is 0 Å². The van der Waals surface area contributed by atoms with E-state index in [1.54, 1.807) is 7.11 Å². The van der Waals surface area contributed by atoms with Gasteiger partial charge in [0.1, 0.15) is 5.75 Å². The Morgan fingerprint density at radius 3 is 2.58 bits per heavy atom. The standard InChI is InChI=1S/C21H36N4O/c1-4-22-21(23-13-7-17-25-15-5-6-16-25)24-14-12-18(2)19-8-10-20(26-3)11-9-19/h8-11,18H,4-7,12-17H2,1-3H3,(H2,22,23,24). The van der Waals surface area contributed by atoms with Gasteiger partial charge in [0.2, 0.25) is 0 Å². The van der Waals surface area contributed by atoms with E-state index in [2.05, 4.69) is 41.5 Å². The molecule has 5 nitrogen and oxygen atoms in total. The fourth-order valence-corrected chi connectivity index (χ4v) is 3.34. The average molecular weight is 361 g/mol. The predicted molar refractivity (Wildman–Crippen MR) is 110 cm³/mol. The molecular formula is C21H36N4O. The highest BCUT2D eigenvalue weighted by molar-refractivity contribution is 5.79. The number of ether oxygens (including phenoxy) is 1. The number of hydrogen-bond acceptors (Lipinski definition) is 3. The Bertz CT molecular complexity index is 523. The molecule has 2 N–H and O–H groups in total. The summed E-state index contributed by atoms with van der Waals surface area (Å²) in [4.78, 5) is 7.27. The van der Waals surface area contributed by atoms with E-state index in [1.807, 2.05) is 12.1 Å². The highest BCUT2D eigenvalue weighted by Gasteiger charge is 2.10. The Labute approximate surface area is 159 Å². The fourth-order valence-electron chi connectivity index (χ4n) is 3.34. The molecule has 2 rings (SSSR count). The quantitative estimate of drug-likeness (QED) is 0.382. The van der Waals surface area contributed by atoms with Gasteiger partial charge in [0, 0.05) is 19.6 Å². The molecule has 1 aromatic carbocycles. The second-order valence-electron chi connectivity index (χ2n) is 7.05. The van der Waals surface area contributed by atoms with E-state index in [9.17, 15) is 0 Å². The predicted octanol–water partition coefficient (Wildman–Crippen LogP) is 3.23. The largest absolute Gasteiger partial charge is 0.497 e. The SMILES string of the molecule is CCNC(=NCCCN1CCCC1)NCCC(C)c1ccc(OC)cc1. The van der Waals surface area contributed by atoms with Crippen molar-refractivity contribution in [3.05, 3.63) is 29.8 Å². The van der Waals surface area contributed by atoms with Crippen molar-refractivity contribution < 1.29 is 4.74 Å². The lowest BCUT2D eigenvalue weighted by molar-refractivity contribution is 0.336. The van der Waals surface area contributed by atoms with Crippen molar-refractivity contribution in [2.45, 2.75) is 45.4 Å². The molecule has 5 heteroatoms. The minimum atomic E-state index is 0.506. The van der Waals surface area contributed by atoms with Crippen molar-refractivity contribution >= 4 is 5.96 Å². The van der Waals surface area contributed by atoms with Gasteiger partial charge in [-0.15, -0.1) is 0 Å². The molecule has 0 aliphatic carbocycles. The topological polar surface area (TPSA) is 48.9 Å². The van der Waals surface area contributed by atoms with Crippen LogP contribution in [-0.2, 0) is 0 Å². The number of nitrogens with one attached hydrogen (secondary N) is 2. The van der Waals surface area contributed by atoms with E-state index >= 15 is 0 Å². The van der Waals surface area contributed by atoms with Gasteiger partial charge in [-0.2, -0.15) is 0 Å². The molecule has 1 aromatic rings. The maximum absolute atomic E-state index is 5.23. The highest BCUT2D eigenvalue weighted by atomic mass is 16.5. The number of guanidine groups is 1. The first kappa shape index (κ1) is 20.6. The molecule has 0 spiro atoms. The van der Waals surface area contributed by atoms with Crippen molar-refractivity contribution in [3.8, 4) is 5.75 Å².